The van der Waals surface area contributed by atoms with Gasteiger partial charge in [0.15, 0.2) is 0 Å². The summed E-state index contributed by atoms with van der Waals surface area (Å²) in [6.45, 7) is 0.625. The van der Waals surface area contributed by atoms with E-state index in [0.717, 1.165) is 24.5 Å². The van der Waals surface area contributed by atoms with Gasteiger partial charge in [0.2, 0.25) is 0 Å². The summed E-state index contributed by atoms with van der Waals surface area (Å²) in [6.07, 6.45) is 1.52. The quantitative estimate of drug-likeness (QED) is 0.542. The van der Waals surface area contributed by atoms with E-state index in [0.29, 0.717) is 23.2 Å². The smallest absolute Gasteiger partial charge is 0.317 e. The van der Waals surface area contributed by atoms with E-state index >= 15 is 0 Å². The normalized spacial score (nSPS) is 18.1. The second-order valence-electron chi connectivity index (χ2n) is 8.10. The molecule has 1 aliphatic carbocycles. The van der Waals surface area contributed by atoms with Gasteiger partial charge in [-0.15, -0.1) is 0 Å². The molecule has 3 aromatic rings. The third kappa shape index (κ3) is 4.25. The van der Waals surface area contributed by atoms with E-state index in [4.69, 9.17) is 5.11 Å². The van der Waals surface area contributed by atoms with Gasteiger partial charge in [0.1, 0.15) is 17.5 Å². The van der Waals surface area contributed by atoms with E-state index in [2.05, 4.69) is 10.3 Å². The molecule has 1 heterocycles. The molecule has 3 N–H and O–H groups in total. The van der Waals surface area contributed by atoms with Gasteiger partial charge in [0.05, 0.1) is 17.8 Å². The Morgan fingerprint density at radius 1 is 1.16 bits per heavy atom. The summed E-state index contributed by atoms with van der Waals surface area (Å²) >= 11 is 0. The summed E-state index contributed by atoms with van der Waals surface area (Å²) in [5.41, 5.74) is 2.43. The molecule has 31 heavy (non-hydrogen) atoms. The van der Waals surface area contributed by atoms with E-state index in [1.807, 2.05) is 0 Å². The van der Waals surface area contributed by atoms with Crippen molar-refractivity contribution in [2.24, 2.45) is 5.92 Å². The van der Waals surface area contributed by atoms with Crippen molar-refractivity contribution in [3.8, 4) is 11.3 Å². The molecule has 8 heteroatoms. The van der Waals surface area contributed by atoms with Crippen LogP contribution in [0.1, 0.15) is 24.3 Å². The molecule has 0 saturated heterocycles. The molecule has 5 nitrogen and oxygen atoms in total. The Kier molecular flexibility index (Phi) is 5.91. The van der Waals surface area contributed by atoms with Crippen LogP contribution in [0.25, 0.3) is 22.2 Å². The largest absolute Gasteiger partial charge is 0.395 e. The fourth-order valence-corrected chi connectivity index (χ4v) is 4.40. The highest BCUT2D eigenvalue weighted by Crippen LogP contribution is 2.48. The standard InChI is InChI=1S/C23H24F3N3O2/c1-29(23(31)27-6-7-30)12-13-8-15(9-13)20-18-10-17(25)11-19(26)22(18)28-21(20)14-2-4-16(24)5-3-14/h2-5,10-11,13,15,28,30H,6-9,12H2,1H3,(H,27,31). The predicted octanol–water partition coefficient (Wildman–Crippen LogP) is 4.38. The third-order valence-corrected chi connectivity index (χ3v) is 5.91. The van der Waals surface area contributed by atoms with Crippen LogP contribution in [0.4, 0.5) is 18.0 Å². The van der Waals surface area contributed by atoms with Crippen molar-refractivity contribution in [1.29, 1.82) is 0 Å². The first-order chi connectivity index (χ1) is 14.9. The first-order valence-corrected chi connectivity index (χ1v) is 10.2. The molecule has 164 valence electrons. The first kappa shape index (κ1) is 21.2. The van der Waals surface area contributed by atoms with Crippen LogP contribution in [-0.2, 0) is 0 Å². The number of halogens is 3. The minimum Gasteiger partial charge on any atom is -0.395 e. The van der Waals surface area contributed by atoms with Crippen LogP contribution in [0, 0.1) is 23.4 Å². The fraction of sp³-hybridized carbons (Fsp3) is 0.348. The number of fused-ring (bicyclic) bond motifs is 1. The lowest BCUT2D eigenvalue weighted by Gasteiger charge is -2.38. The number of hydrogen-bond acceptors (Lipinski definition) is 2. The number of nitrogens with zero attached hydrogens (tertiary/aromatic N) is 1. The van der Waals surface area contributed by atoms with Gasteiger partial charge < -0.3 is 20.3 Å². The Bertz CT molecular complexity index is 1090. The number of amides is 2. The molecule has 0 unspecified atom stereocenters. The number of benzene rings is 2. The van der Waals surface area contributed by atoms with Crippen LogP contribution in [0.2, 0.25) is 0 Å². The first-order valence-electron chi connectivity index (χ1n) is 10.2. The van der Waals surface area contributed by atoms with Gasteiger partial charge in [-0.05, 0) is 66.1 Å². The number of aliphatic hydroxyl groups is 1. The number of H-pyrrole nitrogens is 1. The molecule has 0 spiro atoms. The maximum Gasteiger partial charge on any atom is 0.317 e. The monoisotopic (exact) mass is 431 g/mol. The SMILES string of the molecule is CN(CC1CC(c2c(-c3ccc(F)cc3)[nH]c3c(F)cc(F)cc23)C1)C(=O)NCCO. The highest BCUT2D eigenvalue weighted by molar-refractivity contribution is 5.92. The van der Waals surface area contributed by atoms with E-state index in [9.17, 15) is 18.0 Å². The molecule has 1 aliphatic rings. The molecule has 4 rings (SSSR count). The molecule has 1 fully saturated rings. The number of urea groups is 1. The van der Waals surface area contributed by atoms with Crippen molar-refractivity contribution < 1.29 is 23.1 Å². The summed E-state index contributed by atoms with van der Waals surface area (Å²) < 4.78 is 41.8. The zero-order chi connectivity index (χ0) is 22.1. The predicted molar refractivity (Wildman–Crippen MR) is 112 cm³/mol. The van der Waals surface area contributed by atoms with Crippen molar-refractivity contribution in [1.82, 2.24) is 15.2 Å². The molecule has 2 amide bonds. The topological polar surface area (TPSA) is 68.4 Å². The lowest BCUT2D eigenvalue weighted by Crippen LogP contribution is -2.43. The van der Waals surface area contributed by atoms with Crippen molar-refractivity contribution in [3.05, 3.63) is 59.4 Å². The Morgan fingerprint density at radius 2 is 1.87 bits per heavy atom. The zero-order valence-corrected chi connectivity index (χ0v) is 17.1. The highest BCUT2D eigenvalue weighted by Gasteiger charge is 2.35. The summed E-state index contributed by atoms with van der Waals surface area (Å²) in [5, 5.41) is 11.9. The van der Waals surface area contributed by atoms with E-state index in [-0.39, 0.29) is 42.4 Å². The van der Waals surface area contributed by atoms with Gasteiger partial charge in [-0.25, -0.2) is 18.0 Å². The summed E-state index contributed by atoms with van der Waals surface area (Å²) in [6, 6.07) is 7.84. The van der Waals surface area contributed by atoms with Crippen molar-refractivity contribution >= 4 is 16.9 Å². The molecular weight excluding hydrogens is 407 g/mol. The van der Waals surface area contributed by atoms with Crippen LogP contribution in [0.3, 0.4) is 0 Å². The number of carbonyl (C=O) groups is 1. The van der Waals surface area contributed by atoms with Crippen molar-refractivity contribution in [3.63, 3.8) is 0 Å². The molecule has 0 aliphatic heterocycles. The van der Waals surface area contributed by atoms with Crippen molar-refractivity contribution in [2.45, 2.75) is 18.8 Å². The van der Waals surface area contributed by atoms with Gasteiger partial charge in [0.25, 0.3) is 0 Å². The number of carbonyl (C=O) groups excluding carboxylic acids is 1. The third-order valence-electron chi connectivity index (χ3n) is 5.91. The van der Waals surface area contributed by atoms with Crippen molar-refractivity contribution in [2.75, 3.05) is 26.7 Å². The van der Waals surface area contributed by atoms with E-state index in [1.165, 1.54) is 18.2 Å². The van der Waals surface area contributed by atoms with E-state index < -0.39 is 11.6 Å². The van der Waals surface area contributed by atoms with Crippen LogP contribution in [0.5, 0.6) is 0 Å². The zero-order valence-electron chi connectivity index (χ0n) is 17.1. The minimum absolute atomic E-state index is 0.0638. The summed E-state index contributed by atoms with van der Waals surface area (Å²) in [5.74, 6) is -1.37. The maximum absolute atomic E-state index is 14.4. The Balaban J connectivity index is 1.59. The number of rotatable bonds is 6. The molecular formula is C23H24F3N3O2. The fourth-order valence-electron chi connectivity index (χ4n) is 4.40. The molecule has 1 saturated carbocycles. The number of aromatic amines is 1. The maximum atomic E-state index is 14.4. The van der Waals surface area contributed by atoms with Crippen LogP contribution < -0.4 is 5.32 Å². The number of hydrogen-bond donors (Lipinski definition) is 3. The summed E-state index contributed by atoms with van der Waals surface area (Å²) in [7, 11) is 1.69. The Hall–Kier alpha value is -3.00. The van der Waals surface area contributed by atoms with Crippen LogP contribution in [-0.4, -0.2) is 47.8 Å². The van der Waals surface area contributed by atoms with Crippen LogP contribution >= 0.6 is 0 Å². The van der Waals surface area contributed by atoms with Gasteiger partial charge in [-0.1, -0.05) is 0 Å². The second-order valence-corrected chi connectivity index (χ2v) is 8.10. The number of aliphatic hydroxyl groups excluding tert-OH is 1. The summed E-state index contributed by atoms with van der Waals surface area (Å²) in [4.78, 5) is 16.6. The Labute approximate surface area is 177 Å². The molecule has 2 aromatic carbocycles. The van der Waals surface area contributed by atoms with Gasteiger partial charge in [-0.2, -0.15) is 0 Å². The minimum atomic E-state index is -0.666. The molecule has 0 atom stereocenters. The lowest BCUT2D eigenvalue weighted by molar-refractivity contribution is 0.169. The highest BCUT2D eigenvalue weighted by atomic mass is 19.1. The molecule has 0 bridgehead atoms. The van der Waals surface area contributed by atoms with Gasteiger partial charge in [-0.3, -0.25) is 0 Å². The second kappa shape index (κ2) is 8.63. The van der Waals surface area contributed by atoms with Gasteiger partial charge in [0, 0.05) is 31.6 Å². The van der Waals surface area contributed by atoms with Gasteiger partial charge >= 0.3 is 6.03 Å². The van der Waals surface area contributed by atoms with Crippen LogP contribution in [0.15, 0.2) is 36.4 Å². The Morgan fingerprint density at radius 3 is 2.55 bits per heavy atom. The average Bonchev–Trinajstić information content (AvgIpc) is 3.08. The number of aromatic nitrogens is 1. The molecule has 1 aromatic heterocycles. The average molecular weight is 431 g/mol. The molecule has 0 radical (unpaired) electrons. The van der Waals surface area contributed by atoms with E-state index in [1.54, 1.807) is 24.1 Å². The number of nitrogens with one attached hydrogen (secondary N) is 2. The lowest BCUT2D eigenvalue weighted by atomic mass is 9.70.